The van der Waals surface area contributed by atoms with Crippen LogP contribution < -0.4 is 15.4 Å². The molecule has 0 bridgehead atoms. The Morgan fingerprint density at radius 2 is 1.35 bits per heavy atom. The number of carbonyl (C=O) groups excluding carboxylic acids is 8. The molecule has 1 aromatic heterocycles. The highest BCUT2D eigenvalue weighted by Gasteiger charge is 2.43. The fourth-order valence-corrected chi connectivity index (χ4v) is 9.02. The van der Waals surface area contributed by atoms with Crippen LogP contribution in [0.1, 0.15) is 45.7 Å². The summed E-state index contributed by atoms with van der Waals surface area (Å²) in [5, 5.41) is 3.22. The molecule has 0 saturated carbocycles. The Morgan fingerprint density at radius 1 is 0.837 bits per heavy atom. The number of rotatable bonds is 16. The summed E-state index contributed by atoms with van der Waals surface area (Å²) in [5.41, 5.74) is -0.0271. The quantitative estimate of drug-likeness (QED) is 0.116. The van der Waals surface area contributed by atoms with Gasteiger partial charge in [-0.25, -0.2) is 31.1 Å². The van der Waals surface area contributed by atoms with Gasteiger partial charge in [0.15, 0.2) is 36.3 Å². The molecule has 0 saturated heterocycles. The van der Waals surface area contributed by atoms with E-state index in [1.54, 1.807) is 11.6 Å². The summed E-state index contributed by atoms with van der Waals surface area (Å²) >= 11 is 0.355. The predicted molar refractivity (Wildman–Crippen MR) is 162 cm³/mol. The maximum Gasteiger partial charge on any atom is 0.344 e. The summed E-state index contributed by atoms with van der Waals surface area (Å²) in [5.74, 6) is -7.30. The van der Waals surface area contributed by atoms with Gasteiger partial charge in [0.25, 0.3) is 27.7 Å². The van der Waals surface area contributed by atoms with Gasteiger partial charge in [0.05, 0.1) is 24.4 Å². The van der Waals surface area contributed by atoms with Crippen molar-refractivity contribution >= 4 is 78.7 Å². The Morgan fingerprint density at radius 3 is 1.84 bits per heavy atom. The van der Waals surface area contributed by atoms with Gasteiger partial charge in [-0.2, -0.15) is 0 Å². The van der Waals surface area contributed by atoms with Crippen LogP contribution in [0.25, 0.3) is 0 Å². The fraction of sp³-hybridized carbons (Fsp3) is 0.538. The van der Waals surface area contributed by atoms with Gasteiger partial charge in [-0.1, -0.05) is 0 Å². The van der Waals surface area contributed by atoms with E-state index in [1.165, 1.54) is 11.8 Å². The van der Waals surface area contributed by atoms with E-state index >= 15 is 0 Å². The van der Waals surface area contributed by atoms with Crippen molar-refractivity contribution < 1.29 is 74.1 Å². The van der Waals surface area contributed by atoms with Gasteiger partial charge in [-0.3, -0.25) is 28.8 Å². The van der Waals surface area contributed by atoms with Crippen LogP contribution in [0.5, 0.6) is 0 Å². The average Bonchev–Trinajstić information content (AvgIpc) is 3.49. The van der Waals surface area contributed by atoms with Crippen molar-refractivity contribution in [1.29, 1.82) is 0 Å². The second-order valence-electron chi connectivity index (χ2n) is 10.1. The molecule has 272 valence electrons. The molecule has 2 heterocycles. The molecule has 49 heavy (non-hydrogen) atoms. The maximum atomic E-state index is 13.2. The smallest absolute Gasteiger partial charge is 0.344 e. The number of hydrogen-bond donors (Lipinski definition) is 3. The Hall–Kier alpha value is -4.64. The van der Waals surface area contributed by atoms with E-state index in [0.717, 1.165) is 19.9 Å². The lowest BCUT2D eigenvalue weighted by Crippen LogP contribution is -2.45. The number of sulfone groups is 1. The van der Waals surface area contributed by atoms with Crippen LogP contribution >= 0.6 is 11.3 Å². The summed E-state index contributed by atoms with van der Waals surface area (Å²) in [7, 11) is -8.75. The van der Waals surface area contributed by atoms with E-state index < -0.39 is 122 Å². The third-order valence-corrected chi connectivity index (χ3v) is 12.1. The average molecular weight is 755 g/mol. The lowest BCUT2D eigenvalue weighted by atomic mass is 10.0. The molecule has 1 aliphatic heterocycles. The minimum Gasteiger partial charge on any atom is -0.454 e. The molecule has 0 aliphatic carbocycles. The van der Waals surface area contributed by atoms with Crippen molar-refractivity contribution in [1.82, 2.24) is 20.3 Å². The van der Waals surface area contributed by atoms with Gasteiger partial charge in [-0.05, 0) is 26.3 Å². The van der Waals surface area contributed by atoms with Crippen molar-refractivity contribution in [3.63, 3.8) is 0 Å². The Balaban J connectivity index is 2.10. The topological polar surface area (TPSA) is 281 Å². The largest absolute Gasteiger partial charge is 0.454 e. The molecule has 0 radical (unpaired) electrons. The van der Waals surface area contributed by atoms with Gasteiger partial charge in [-0.15, -0.1) is 11.3 Å². The van der Waals surface area contributed by atoms with Crippen LogP contribution in [-0.2, 0) is 77.2 Å². The predicted octanol–water partition coefficient (Wildman–Crippen LogP) is -2.55. The molecule has 3 N–H and O–H groups in total. The second kappa shape index (κ2) is 17.7. The van der Waals surface area contributed by atoms with Crippen LogP contribution in [-0.4, -0.2) is 121 Å². The van der Waals surface area contributed by atoms with Crippen LogP contribution in [0.4, 0.5) is 0 Å². The summed E-state index contributed by atoms with van der Waals surface area (Å²) < 4.78 is 71.2. The first-order valence-electron chi connectivity index (χ1n) is 14.1. The van der Waals surface area contributed by atoms with Crippen molar-refractivity contribution in [2.75, 3.05) is 46.1 Å². The second-order valence-corrected chi connectivity index (χ2v) is 15.6. The van der Waals surface area contributed by atoms with Gasteiger partial charge < -0.3 is 34.5 Å². The number of fused-ring (bicyclic) bond motifs is 1. The molecular formula is C26H34N4O16S3. The Kier molecular flexibility index (Phi) is 14.6. The molecular weight excluding hydrogens is 720 g/mol. The van der Waals surface area contributed by atoms with Crippen LogP contribution in [0.15, 0.2) is 14.5 Å². The number of thiophene rings is 1. The maximum absolute atomic E-state index is 13.2. The molecule has 23 heteroatoms. The van der Waals surface area contributed by atoms with Crippen LogP contribution in [0.2, 0.25) is 0 Å². The number of likely N-dealkylation sites (N-methyl/N-ethyl adjacent to an activating group) is 1. The third kappa shape index (κ3) is 12.1. The number of sulfonamides is 1. The van der Waals surface area contributed by atoms with E-state index in [9.17, 15) is 55.2 Å². The minimum absolute atomic E-state index is 0.0103. The van der Waals surface area contributed by atoms with Crippen molar-refractivity contribution in [2.45, 2.75) is 53.8 Å². The third-order valence-electron chi connectivity index (χ3n) is 6.35. The first-order valence-corrected chi connectivity index (χ1v) is 18.0. The Labute approximate surface area is 284 Å². The molecule has 0 aromatic carbocycles. The fourth-order valence-electron chi connectivity index (χ4n) is 4.06. The number of amides is 4. The number of esters is 4. The monoisotopic (exact) mass is 754 g/mol. The van der Waals surface area contributed by atoms with Gasteiger partial charge >= 0.3 is 23.9 Å². The lowest BCUT2D eigenvalue weighted by Gasteiger charge is -2.36. The Bertz CT molecular complexity index is 1700. The zero-order chi connectivity index (χ0) is 37.1. The van der Waals surface area contributed by atoms with E-state index in [0.29, 0.717) is 11.3 Å². The molecule has 2 atom stereocenters. The van der Waals surface area contributed by atoms with Gasteiger partial charge in [0, 0.05) is 26.0 Å². The standard InChI is InChI=1S/C26H34N4O16S3/c1-5-30(22(36)9-28-21(35)11-46-24(38)13-44-16(4)32)18-6-14(2)48(39,40)26-17(18)7-25(47-26)49(41,42)29-19(33)8-27-20(34)10-45-23(37)12-43-15(3)31/h7,14,18H,5-6,8-13H2,1-4H3,(H,27,34)(H,28,35)(H,29,33)/t14-,18-/m0/s1. The SMILES string of the molecule is CCN(C(=O)CNC(=O)COC(=O)COC(C)=O)[C@H]1C[C@H](C)S(=O)(=O)c2sc(S(=O)(=O)NC(=O)CNC(=O)COC(=O)COC(C)=O)cc21. The zero-order valence-electron chi connectivity index (χ0n) is 26.6. The van der Waals surface area contributed by atoms with Crippen LogP contribution in [0.3, 0.4) is 0 Å². The normalized spacial score (nSPS) is 16.2. The van der Waals surface area contributed by atoms with E-state index in [4.69, 9.17) is 0 Å². The van der Waals surface area contributed by atoms with Gasteiger partial charge in [0.2, 0.25) is 5.91 Å². The number of ether oxygens (including phenoxy) is 4. The van der Waals surface area contributed by atoms with E-state index in [2.05, 4.69) is 24.3 Å². The van der Waals surface area contributed by atoms with Crippen LogP contribution in [0, 0.1) is 0 Å². The van der Waals surface area contributed by atoms with E-state index in [1.807, 2.05) is 5.32 Å². The molecule has 1 aliphatic rings. The highest BCUT2D eigenvalue weighted by atomic mass is 32.3. The molecule has 0 fully saturated rings. The van der Waals surface area contributed by atoms with Gasteiger partial charge in [0.1, 0.15) is 8.42 Å². The molecule has 1 aromatic rings. The summed E-state index contributed by atoms with van der Waals surface area (Å²) in [6, 6.07) is 0.0605. The highest BCUT2D eigenvalue weighted by Crippen LogP contribution is 2.45. The minimum atomic E-state index is -4.69. The number of hydrogen-bond acceptors (Lipinski definition) is 17. The molecule has 4 amide bonds. The first kappa shape index (κ1) is 40.5. The summed E-state index contributed by atoms with van der Waals surface area (Å²) in [4.78, 5) is 95.0. The number of carbonyl (C=O) groups is 8. The number of nitrogens with zero attached hydrogens (tertiary/aromatic N) is 1. The molecule has 0 unspecified atom stereocenters. The molecule has 2 rings (SSSR count). The zero-order valence-corrected chi connectivity index (χ0v) is 29.0. The molecule has 20 nitrogen and oxygen atoms in total. The highest BCUT2D eigenvalue weighted by molar-refractivity contribution is 7.95. The lowest BCUT2D eigenvalue weighted by molar-refractivity contribution is -0.159. The first-order chi connectivity index (χ1) is 22.8. The molecule has 0 spiro atoms. The van der Waals surface area contributed by atoms with Crippen molar-refractivity contribution in [3.05, 3.63) is 11.6 Å². The summed E-state index contributed by atoms with van der Waals surface area (Å²) in [6.07, 6.45) is -0.128. The summed E-state index contributed by atoms with van der Waals surface area (Å²) in [6.45, 7) is 0.496. The van der Waals surface area contributed by atoms with Crippen molar-refractivity contribution in [2.24, 2.45) is 0 Å². The van der Waals surface area contributed by atoms with E-state index in [-0.39, 0.29) is 22.7 Å². The van der Waals surface area contributed by atoms with Crippen molar-refractivity contribution in [3.8, 4) is 0 Å². The number of nitrogens with one attached hydrogen (secondary N) is 3.